The maximum Gasteiger partial charge on any atom is 0.249 e. The van der Waals surface area contributed by atoms with Crippen molar-refractivity contribution in [3.8, 4) is 0 Å². The third-order valence-corrected chi connectivity index (χ3v) is 6.05. The van der Waals surface area contributed by atoms with Gasteiger partial charge in [0.25, 0.3) is 0 Å². The topological polar surface area (TPSA) is 63.7 Å². The predicted octanol–water partition coefficient (Wildman–Crippen LogP) is 1.40. The average molecular weight is 359 g/mol. The first kappa shape index (κ1) is 17.9. The Kier molecular flexibility index (Phi) is 5.82. The Hall–Kier alpha value is -1.50. The largest absolute Gasteiger partial charge is 0.381 e. The van der Waals surface area contributed by atoms with Crippen LogP contribution in [0, 0.1) is 5.92 Å². The van der Waals surface area contributed by atoms with E-state index in [4.69, 9.17) is 9.47 Å². The van der Waals surface area contributed by atoms with Gasteiger partial charge in [0.05, 0.1) is 6.10 Å². The lowest BCUT2D eigenvalue weighted by atomic mass is 9.90. The summed E-state index contributed by atoms with van der Waals surface area (Å²) in [6, 6.07) is 4.59. The summed E-state index contributed by atoms with van der Waals surface area (Å²) >= 11 is 0. The third-order valence-electron chi connectivity index (χ3n) is 6.05. The van der Waals surface area contributed by atoms with Gasteiger partial charge < -0.3 is 14.8 Å². The van der Waals surface area contributed by atoms with E-state index in [-0.39, 0.29) is 18.1 Å². The molecule has 26 heavy (non-hydrogen) atoms. The normalized spacial score (nSPS) is 30.1. The molecule has 6 heteroatoms. The maximum atomic E-state index is 12.5. The van der Waals surface area contributed by atoms with E-state index in [0.29, 0.717) is 18.5 Å². The van der Waals surface area contributed by atoms with E-state index in [0.717, 1.165) is 58.4 Å². The zero-order valence-electron chi connectivity index (χ0n) is 15.3. The Morgan fingerprint density at radius 1 is 1.23 bits per heavy atom. The lowest BCUT2D eigenvalue weighted by Crippen LogP contribution is -2.49. The van der Waals surface area contributed by atoms with Crippen molar-refractivity contribution in [1.29, 1.82) is 0 Å². The monoisotopic (exact) mass is 359 g/mol. The van der Waals surface area contributed by atoms with E-state index in [1.54, 1.807) is 12.4 Å². The Balaban J connectivity index is 1.23. The molecule has 1 N–H and O–H groups in total. The molecule has 142 valence electrons. The number of hydrogen-bond acceptors (Lipinski definition) is 5. The molecule has 6 nitrogen and oxygen atoms in total. The van der Waals surface area contributed by atoms with Gasteiger partial charge in [0.1, 0.15) is 6.10 Å². The smallest absolute Gasteiger partial charge is 0.249 e. The molecule has 3 saturated heterocycles. The van der Waals surface area contributed by atoms with Crippen molar-refractivity contribution < 1.29 is 14.3 Å². The molecule has 3 aliphatic rings. The summed E-state index contributed by atoms with van der Waals surface area (Å²) in [7, 11) is 0. The number of nitrogens with one attached hydrogen (secondary N) is 1. The second-order valence-corrected chi connectivity index (χ2v) is 7.68. The second kappa shape index (κ2) is 8.46. The molecule has 1 aromatic rings. The molecular formula is C20H29N3O3. The first-order chi connectivity index (χ1) is 12.8. The minimum absolute atomic E-state index is 0.0473. The van der Waals surface area contributed by atoms with Gasteiger partial charge >= 0.3 is 0 Å². The van der Waals surface area contributed by atoms with Gasteiger partial charge in [-0.2, -0.15) is 0 Å². The van der Waals surface area contributed by atoms with E-state index >= 15 is 0 Å². The summed E-state index contributed by atoms with van der Waals surface area (Å²) < 4.78 is 11.6. The lowest BCUT2D eigenvalue weighted by Gasteiger charge is -2.40. The predicted molar refractivity (Wildman–Crippen MR) is 97.7 cm³/mol. The number of carbonyl (C=O) groups excluding carboxylic acids is 1. The number of carbonyl (C=O) groups is 1. The molecule has 0 aromatic carbocycles. The van der Waals surface area contributed by atoms with Crippen molar-refractivity contribution in [2.45, 2.75) is 50.4 Å². The Labute approximate surface area is 155 Å². The summed E-state index contributed by atoms with van der Waals surface area (Å²) in [6.07, 6.45) is 8.58. The van der Waals surface area contributed by atoms with Crippen molar-refractivity contribution >= 4 is 5.91 Å². The summed E-state index contributed by atoms with van der Waals surface area (Å²) in [4.78, 5) is 19.1. The summed E-state index contributed by atoms with van der Waals surface area (Å²) in [5.41, 5.74) is 1.19. The van der Waals surface area contributed by atoms with Crippen LogP contribution < -0.4 is 5.32 Å². The first-order valence-corrected chi connectivity index (χ1v) is 9.93. The first-order valence-electron chi connectivity index (χ1n) is 9.93. The van der Waals surface area contributed by atoms with Crippen molar-refractivity contribution in [3.05, 3.63) is 30.1 Å². The minimum Gasteiger partial charge on any atom is -0.381 e. The molecule has 0 radical (unpaired) electrons. The SMILES string of the molecule is O=C(NCCc1ccncc1)[C@@H]1C[C@@H]2CCN(C3CCOCC3)C[C@@H]2O1. The van der Waals surface area contributed by atoms with Crippen LogP contribution in [0.15, 0.2) is 24.5 Å². The number of nitrogens with zero attached hydrogens (tertiary/aromatic N) is 2. The van der Waals surface area contributed by atoms with Crippen LogP contribution in [0.4, 0.5) is 0 Å². The van der Waals surface area contributed by atoms with Crippen LogP contribution in [0.3, 0.4) is 0 Å². The Bertz CT molecular complexity index is 591. The molecule has 0 aliphatic carbocycles. The van der Waals surface area contributed by atoms with Crippen LogP contribution in [0.2, 0.25) is 0 Å². The molecule has 0 spiro atoms. The number of aromatic nitrogens is 1. The molecule has 0 bridgehead atoms. The van der Waals surface area contributed by atoms with Gasteiger partial charge in [0, 0.05) is 44.7 Å². The van der Waals surface area contributed by atoms with Gasteiger partial charge in [0.2, 0.25) is 5.91 Å². The maximum absolute atomic E-state index is 12.5. The fourth-order valence-corrected chi connectivity index (χ4v) is 4.50. The Morgan fingerprint density at radius 2 is 2.04 bits per heavy atom. The van der Waals surface area contributed by atoms with Gasteiger partial charge in [0.15, 0.2) is 0 Å². The van der Waals surface area contributed by atoms with Crippen LogP contribution in [0.25, 0.3) is 0 Å². The molecule has 0 saturated carbocycles. The minimum atomic E-state index is -0.280. The summed E-state index contributed by atoms with van der Waals surface area (Å²) in [5, 5.41) is 3.04. The number of piperidine rings is 1. The van der Waals surface area contributed by atoms with E-state index in [9.17, 15) is 4.79 Å². The molecule has 0 unspecified atom stereocenters. The fraction of sp³-hybridized carbons (Fsp3) is 0.700. The number of likely N-dealkylation sites (tertiary alicyclic amines) is 1. The van der Waals surface area contributed by atoms with E-state index in [1.165, 1.54) is 5.56 Å². The van der Waals surface area contributed by atoms with Gasteiger partial charge in [-0.15, -0.1) is 0 Å². The van der Waals surface area contributed by atoms with Crippen LogP contribution in [-0.4, -0.2) is 66.9 Å². The van der Waals surface area contributed by atoms with Gasteiger partial charge in [-0.05, 0) is 62.3 Å². The molecule has 3 fully saturated rings. The lowest BCUT2D eigenvalue weighted by molar-refractivity contribution is -0.133. The number of hydrogen-bond donors (Lipinski definition) is 1. The van der Waals surface area contributed by atoms with Crippen molar-refractivity contribution in [2.24, 2.45) is 5.92 Å². The molecule has 1 amide bonds. The quantitative estimate of drug-likeness (QED) is 0.861. The third kappa shape index (κ3) is 4.24. The molecule has 4 rings (SSSR count). The molecule has 1 aromatic heterocycles. The fourth-order valence-electron chi connectivity index (χ4n) is 4.50. The second-order valence-electron chi connectivity index (χ2n) is 7.68. The summed E-state index contributed by atoms with van der Waals surface area (Å²) in [6.45, 7) is 4.49. The zero-order chi connectivity index (χ0) is 17.8. The highest BCUT2D eigenvalue weighted by atomic mass is 16.5. The highest BCUT2D eigenvalue weighted by molar-refractivity contribution is 5.81. The van der Waals surface area contributed by atoms with Gasteiger partial charge in [-0.25, -0.2) is 0 Å². The molecule has 4 heterocycles. The van der Waals surface area contributed by atoms with E-state index < -0.39 is 0 Å². The highest BCUT2D eigenvalue weighted by Gasteiger charge is 2.42. The standard InChI is InChI=1S/C20H29N3O3/c24-20(22-9-3-15-1-7-21-8-2-15)18-13-16-4-10-23(14-19(16)26-18)17-5-11-25-12-6-17/h1-2,7-8,16-19H,3-6,9-14H2,(H,22,24)/t16-,18-,19-/m0/s1. The molecule has 3 aliphatic heterocycles. The van der Waals surface area contributed by atoms with Crippen LogP contribution in [0.5, 0.6) is 0 Å². The molecule has 3 atom stereocenters. The van der Waals surface area contributed by atoms with Gasteiger partial charge in [-0.1, -0.05) is 0 Å². The van der Waals surface area contributed by atoms with Crippen LogP contribution >= 0.6 is 0 Å². The highest BCUT2D eigenvalue weighted by Crippen LogP contribution is 2.34. The Morgan fingerprint density at radius 3 is 2.85 bits per heavy atom. The van der Waals surface area contributed by atoms with Crippen LogP contribution in [-0.2, 0) is 20.7 Å². The van der Waals surface area contributed by atoms with Crippen molar-refractivity contribution in [1.82, 2.24) is 15.2 Å². The number of amides is 1. The van der Waals surface area contributed by atoms with Crippen molar-refractivity contribution in [2.75, 3.05) is 32.8 Å². The van der Waals surface area contributed by atoms with E-state index in [2.05, 4.69) is 15.2 Å². The van der Waals surface area contributed by atoms with E-state index in [1.807, 2.05) is 12.1 Å². The van der Waals surface area contributed by atoms with Crippen LogP contribution in [0.1, 0.15) is 31.2 Å². The number of rotatable bonds is 5. The van der Waals surface area contributed by atoms with Crippen molar-refractivity contribution in [3.63, 3.8) is 0 Å². The summed E-state index contributed by atoms with van der Waals surface area (Å²) in [5.74, 6) is 0.577. The number of fused-ring (bicyclic) bond motifs is 1. The number of pyridine rings is 1. The van der Waals surface area contributed by atoms with Gasteiger partial charge in [-0.3, -0.25) is 14.7 Å². The molecular weight excluding hydrogens is 330 g/mol. The number of ether oxygens (including phenoxy) is 2. The zero-order valence-corrected chi connectivity index (χ0v) is 15.3. The average Bonchev–Trinajstić information content (AvgIpc) is 3.13.